The van der Waals surface area contributed by atoms with Crippen molar-refractivity contribution in [1.82, 2.24) is 4.98 Å². The molecule has 10 heavy (non-hydrogen) atoms. The molecule has 0 aliphatic rings. The molecule has 0 fully saturated rings. The van der Waals surface area contributed by atoms with Crippen LogP contribution in [0.15, 0.2) is 24.5 Å². The summed E-state index contributed by atoms with van der Waals surface area (Å²) >= 11 is 0. The van der Waals surface area contributed by atoms with Crippen LogP contribution in [-0.2, 0) is 4.79 Å². The van der Waals surface area contributed by atoms with E-state index in [1.165, 1.54) is 0 Å². The van der Waals surface area contributed by atoms with Crippen molar-refractivity contribution in [2.24, 2.45) is 0 Å². The van der Waals surface area contributed by atoms with Gasteiger partial charge < -0.3 is 0 Å². The van der Waals surface area contributed by atoms with Crippen LogP contribution in [-0.4, -0.2) is 10.9 Å². The third-order valence-electron chi connectivity index (χ3n) is 1.25. The minimum absolute atomic E-state index is 0.591. The van der Waals surface area contributed by atoms with E-state index in [2.05, 4.69) is 4.98 Å². The van der Waals surface area contributed by atoms with Gasteiger partial charge in [-0.2, -0.15) is 0 Å². The fraction of sp³-hybridized carbons (Fsp3) is 0.125. The second-order valence-corrected chi connectivity index (χ2v) is 1.97. The Morgan fingerprint density at radius 1 is 1.70 bits per heavy atom. The first kappa shape index (κ1) is 6.72. The quantitative estimate of drug-likeness (QED) is 0.541. The minimum atomic E-state index is 0.591. The van der Waals surface area contributed by atoms with Crippen molar-refractivity contribution in [3.8, 4) is 0 Å². The summed E-state index contributed by atoms with van der Waals surface area (Å²) < 4.78 is 0. The van der Waals surface area contributed by atoms with Crippen molar-refractivity contribution in [2.75, 3.05) is 0 Å². The standard InChI is InChI=1S/C8H7NO/c1-7(6-10)8-3-2-4-9-5-8/h2-5H,1H3. The maximum atomic E-state index is 10.1. The molecule has 1 aromatic rings. The van der Waals surface area contributed by atoms with E-state index < -0.39 is 0 Å². The second kappa shape index (κ2) is 2.95. The molecule has 0 saturated heterocycles. The molecule has 0 N–H and O–H groups in total. The monoisotopic (exact) mass is 133 g/mol. The average Bonchev–Trinajstić information content (AvgIpc) is 2.05. The highest BCUT2D eigenvalue weighted by Crippen LogP contribution is 2.06. The van der Waals surface area contributed by atoms with Gasteiger partial charge in [0.2, 0.25) is 0 Å². The van der Waals surface area contributed by atoms with Crippen LogP contribution in [0, 0.1) is 0 Å². The lowest BCUT2D eigenvalue weighted by Crippen LogP contribution is -1.79. The van der Waals surface area contributed by atoms with Crippen molar-refractivity contribution in [1.29, 1.82) is 0 Å². The Morgan fingerprint density at radius 3 is 3.00 bits per heavy atom. The SMILES string of the molecule is CC(=C=O)c1cccnc1. The third kappa shape index (κ3) is 1.30. The van der Waals surface area contributed by atoms with Crippen LogP contribution in [0.25, 0.3) is 5.57 Å². The molecule has 0 saturated carbocycles. The van der Waals surface area contributed by atoms with Gasteiger partial charge in [0.1, 0.15) is 5.94 Å². The molecule has 1 heterocycles. The fourth-order valence-corrected chi connectivity index (χ4v) is 0.644. The van der Waals surface area contributed by atoms with E-state index in [0.29, 0.717) is 5.57 Å². The lowest BCUT2D eigenvalue weighted by Gasteiger charge is -1.91. The van der Waals surface area contributed by atoms with E-state index in [1.54, 1.807) is 25.4 Å². The summed E-state index contributed by atoms with van der Waals surface area (Å²) in [6.07, 6.45) is 3.31. The first-order chi connectivity index (χ1) is 4.84. The molecule has 2 nitrogen and oxygen atoms in total. The lowest BCUT2D eigenvalue weighted by atomic mass is 10.2. The number of hydrogen-bond donors (Lipinski definition) is 0. The van der Waals surface area contributed by atoms with Crippen molar-refractivity contribution < 1.29 is 4.79 Å². The fourth-order valence-electron chi connectivity index (χ4n) is 0.644. The van der Waals surface area contributed by atoms with Gasteiger partial charge in [0, 0.05) is 23.5 Å². The molecule has 0 radical (unpaired) electrons. The van der Waals surface area contributed by atoms with Crippen LogP contribution in [0.2, 0.25) is 0 Å². The molecule has 0 atom stereocenters. The maximum absolute atomic E-state index is 10.1. The summed E-state index contributed by atoms with van der Waals surface area (Å²) in [7, 11) is 0. The zero-order chi connectivity index (χ0) is 7.40. The van der Waals surface area contributed by atoms with Gasteiger partial charge in [0.05, 0.1) is 0 Å². The number of pyridine rings is 1. The summed E-state index contributed by atoms with van der Waals surface area (Å²) in [4.78, 5) is 14.0. The molecular formula is C8H7NO. The summed E-state index contributed by atoms with van der Waals surface area (Å²) in [6, 6.07) is 3.61. The Morgan fingerprint density at radius 2 is 2.50 bits per heavy atom. The summed E-state index contributed by atoms with van der Waals surface area (Å²) in [5, 5.41) is 0. The smallest absolute Gasteiger partial charge is 0.128 e. The third-order valence-corrected chi connectivity index (χ3v) is 1.25. The van der Waals surface area contributed by atoms with E-state index in [-0.39, 0.29) is 0 Å². The molecule has 1 aromatic heterocycles. The molecule has 0 aliphatic carbocycles. The highest BCUT2D eigenvalue weighted by Gasteiger charge is 1.92. The van der Waals surface area contributed by atoms with Gasteiger partial charge in [0.25, 0.3) is 0 Å². The Balaban J connectivity index is 3.08. The van der Waals surface area contributed by atoms with Gasteiger partial charge in [-0.05, 0) is 13.0 Å². The average molecular weight is 133 g/mol. The predicted octanol–water partition coefficient (Wildman–Crippen LogP) is 1.32. The van der Waals surface area contributed by atoms with Crippen LogP contribution in [0.5, 0.6) is 0 Å². The van der Waals surface area contributed by atoms with Crippen LogP contribution < -0.4 is 0 Å². The topological polar surface area (TPSA) is 30.0 Å². The molecule has 0 spiro atoms. The molecule has 0 amide bonds. The number of carbonyl (C=O) groups excluding carboxylic acids is 1. The summed E-state index contributed by atoms with van der Waals surface area (Å²) in [5.41, 5.74) is 1.42. The van der Waals surface area contributed by atoms with Crippen molar-refractivity contribution in [3.63, 3.8) is 0 Å². The van der Waals surface area contributed by atoms with E-state index in [1.807, 2.05) is 12.0 Å². The number of rotatable bonds is 1. The number of hydrogen-bond acceptors (Lipinski definition) is 2. The largest absolute Gasteiger partial charge is 0.264 e. The zero-order valence-electron chi connectivity index (χ0n) is 5.66. The molecular weight excluding hydrogens is 126 g/mol. The summed E-state index contributed by atoms with van der Waals surface area (Å²) in [5.74, 6) is 1.81. The van der Waals surface area contributed by atoms with Gasteiger partial charge >= 0.3 is 0 Å². The number of nitrogens with zero attached hydrogens (tertiary/aromatic N) is 1. The maximum Gasteiger partial charge on any atom is 0.128 e. The number of allylic oxidation sites excluding steroid dienone is 1. The van der Waals surface area contributed by atoms with E-state index in [0.717, 1.165) is 5.56 Å². The van der Waals surface area contributed by atoms with Gasteiger partial charge in [-0.1, -0.05) is 6.07 Å². The zero-order valence-corrected chi connectivity index (χ0v) is 5.66. The lowest BCUT2D eigenvalue weighted by molar-refractivity contribution is 0.569. The Bertz CT molecular complexity index is 260. The first-order valence-corrected chi connectivity index (χ1v) is 2.96. The molecule has 2 heteroatoms. The van der Waals surface area contributed by atoms with Crippen molar-refractivity contribution in [3.05, 3.63) is 30.1 Å². The Hall–Kier alpha value is -1.40. The Labute approximate surface area is 59.2 Å². The van der Waals surface area contributed by atoms with Gasteiger partial charge in [-0.3, -0.25) is 4.98 Å². The van der Waals surface area contributed by atoms with Gasteiger partial charge in [0.15, 0.2) is 0 Å². The first-order valence-electron chi connectivity index (χ1n) is 2.96. The van der Waals surface area contributed by atoms with Crippen LogP contribution in [0.4, 0.5) is 0 Å². The van der Waals surface area contributed by atoms with Crippen LogP contribution in [0.1, 0.15) is 12.5 Å². The van der Waals surface area contributed by atoms with E-state index in [4.69, 9.17) is 0 Å². The highest BCUT2D eigenvalue weighted by atomic mass is 16.1. The van der Waals surface area contributed by atoms with Crippen molar-refractivity contribution >= 4 is 11.5 Å². The molecule has 0 unspecified atom stereocenters. The summed E-state index contributed by atoms with van der Waals surface area (Å²) in [6.45, 7) is 1.71. The molecule has 1 rings (SSSR count). The van der Waals surface area contributed by atoms with Crippen molar-refractivity contribution in [2.45, 2.75) is 6.92 Å². The normalized spacial score (nSPS) is 8.50. The predicted molar refractivity (Wildman–Crippen MR) is 39.0 cm³/mol. The van der Waals surface area contributed by atoms with E-state index >= 15 is 0 Å². The highest BCUT2D eigenvalue weighted by molar-refractivity contribution is 5.85. The second-order valence-electron chi connectivity index (χ2n) is 1.97. The van der Waals surface area contributed by atoms with Crippen LogP contribution >= 0.6 is 0 Å². The van der Waals surface area contributed by atoms with Gasteiger partial charge in [-0.15, -0.1) is 0 Å². The minimum Gasteiger partial charge on any atom is -0.264 e. The molecule has 50 valence electrons. The molecule has 0 aromatic carbocycles. The van der Waals surface area contributed by atoms with Gasteiger partial charge in [-0.25, -0.2) is 4.79 Å². The van der Waals surface area contributed by atoms with E-state index in [9.17, 15) is 4.79 Å². The Kier molecular flexibility index (Phi) is 1.98. The number of aromatic nitrogens is 1. The molecule has 0 bridgehead atoms. The molecule has 0 aliphatic heterocycles. The van der Waals surface area contributed by atoms with Crippen LogP contribution in [0.3, 0.4) is 0 Å².